The highest BCUT2D eigenvalue weighted by atomic mass is 16.8. The van der Waals surface area contributed by atoms with Gasteiger partial charge < -0.3 is 58.3 Å². The first-order valence-corrected chi connectivity index (χ1v) is 14.7. The van der Waals surface area contributed by atoms with Crippen LogP contribution in [0.2, 0.25) is 0 Å². The van der Waals surface area contributed by atoms with Crippen LogP contribution in [0.3, 0.4) is 0 Å². The minimum Gasteiger partial charge on any atom is -0.497 e. The summed E-state index contributed by atoms with van der Waals surface area (Å²) in [6.45, 7) is -0.141. The van der Waals surface area contributed by atoms with Gasteiger partial charge in [0.15, 0.2) is 18.9 Å². The van der Waals surface area contributed by atoms with E-state index in [2.05, 4.69) is 10.0 Å². The Labute approximate surface area is 259 Å². The van der Waals surface area contributed by atoms with Gasteiger partial charge in [0.1, 0.15) is 54.6 Å². The molecule has 0 radical (unpaired) electrons. The van der Waals surface area contributed by atoms with Crippen LogP contribution in [-0.4, -0.2) is 115 Å². The third kappa shape index (κ3) is 8.10. The Morgan fingerprint density at radius 3 is 2.40 bits per heavy atom. The lowest BCUT2D eigenvalue weighted by Gasteiger charge is -2.49. The molecule has 246 valence electrons. The van der Waals surface area contributed by atoms with E-state index in [-0.39, 0.29) is 26.4 Å². The van der Waals surface area contributed by atoms with E-state index in [4.69, 9.17) is 43.4 Å². The Bertz CT molecular complexity index is 1230. The third-order valence-electron chi connectivity index (χ3n) is 7.84. The molecule has 45 heavy (non-hydrogen) atoms. The van der Waals surface area contributed by atoms with E-state index in [1.165, 1.54) is 0 Å². The fourth-order valence-corrected chi connectivity index (χ4v) is 5.45. The van der Waals surface area contributed by atoms with Gasteiger partial charge >= 0.3 is 0 Å². The van der Waals surface area contributed by atoms with Gasteiger partial charge in [-0.05, 0) is 29.6 Å². The van der Waals surface area contributed by atoms with Crippen LogP contribution in [-0.2, 0) is 39.8 Å². The van der Waals surface area contributed by atoms with Crippen molar-refractivity contribution >= 4 is 0 Å². The van der Waals surface area contributed by atoms with Crippen molar-refractivity contribution in [1.29, 1.82) is 0 Å². The van der Waals surface area contributed by atoms with Gasteiger partial charge in [0, 0.05) is 23.6 Å². The van der Waals surface area contributed by atoms with E-state index in [0.29, 0.717) is 12.2 Å². The number of aliphatic hydroxyl groups is 4. The van der Waals surface area contributed by atoms with Crippen LogP contribution in [0.4, 0.5) is 0 Å². The van der Waals surface area contributed by atoms with Crippen LogP contribution in [0.15, 0.2) is 59.7 Å². The highest BCUT2D eigenvalue weighted by Gasteiger charge is 2.53. The summed E-state index contributed by atoms with van der Waals surface area (Å²) in [4.78, 5) is 2.66. The van der Waals surface area contributed by atoms with Gasteiger partial charge in [0.05, 0.1) is 26.9 Å². The van der Waals surface area contributed by atoms with Crippen molar-refractivity contribution < 1.29 is 58.3 Å². The molecule has 3 heterocycles. The molecule has 0 bridgehead atoms. The second kappa shape index (κ2) is 16.1. The number of aliphatic hydroxyl groups excluding tert-OH is 4. The van der Waals surface area contributed by atoms with Crippen LogP contribution in [0, 0.1) is 0 Å². The van der Waals surface area contributed by atoms with E-state index in [1.807, 2.05) is 42.5 Å². The highest BCUT2D eigenvalue weighted by molar-refractivity contribution is 5.26. The first kappa shape index (κ1) is 33.5. The number of nitrogens with zero attached hydrogens (tertiary/aromatic N) is 3. The van der Waals surface area contributed by atoms with Crippen molar-refractivity contribution in [1.82, 2.24) is 0 Å². The number of rotatable bonds is 13. The summed E-state index contributed by atoms with van der Waals surface area (Å²) in [5, 5.41) is 46.7. The van der Waals surface area contributed by atoms with E-state index in [1.54, 1.807) is 19.2 Å². The average Bonchev–Trinajstić information content (AvgIpc) is 3.08. The lowest BCUT2D eigenvalue weighted by atomic mass is 9.96. The van der Waals surface area contributed by atoms with Crippen LogP contribution >= 0.6 is 0 Å². The van der Waals surface area contributed by atoms with Gasteiger partial charge in [-0.3, -0.25) is 0 Å². The molecular weight excluding hydrogens is 594 g/mol. The zero-order valence-electron chi connectivity index (χ0n) is 24.7. The van der Waals surface area contributed by atoms with E-state index < -0.39 is 74.3 Å². The number of ether oxygens (including phenoxy) is 8. The predicted octanol–water partition coefficient (Wildman–Crippen LogP) is 1.32. The first-order valence-electron chi connectivity index (χ1n) is 14.7. The average molecular weight is 634 g/mol. The minimum absolute atomic E-state index is 0.0713. The molecule has 0 saturated carbocycles. The van der Waals surface area contributed by atoms with Crippen molar-refractivity contribution in [2.75, 3.05) is 33.5 Å². The smallest absolute Gasteiger partial charge is 0.187 e. The normalized spacial score (nSPS) is 34.8. The van der Waals surface area contributed by atoms with E-state index in [0.717, 1.165) is 11.1 Å². The van der Waals surface area contributed by atoms with Crippen molar-refractivity contribution in [2.24, 2.45) is 5.11 Å². The molecule has 3 aliphatic rings. The number of methoxy groups -OCH3 is 1. The van der Waals surface area contributed by atoms with Crippen molar-refractivity contribution in [2.45, 2.75) is 80.7 Å². The Hall–Kier alpha value is -2.89. The molecule has 1 unspecified atom stereocenters. The Kier molecular flexibility index (Phi) is 12.0. The molecule has 11 atom stereocenters. The largest absolute Gasteiger partial charge is 0.497 e. The van der Waals surface area contributed by atoms with Crippen molar-refractivity contribution in [3.05, 3.63) is 76.2 Å². The third-order valence-corrected chi connectivity index (χ3v) is 7.84. The Balaban J connectivity index is 1.30. The Morgan fingerprint density at radius 2 is 1.69 bits per heavy atom. The topological polar surface area (TPSA) is 204 Å². The first-order chi connectivity index (χ1) is 21.9. The lowest BCUT2D eigenvalue weighted by molar-refractivity contribution is -0.389. The molecule has 5 rings (SSSR count). The molecule has 2 aromatic rings. The molecule has 2 aromatic carbocycles. The predicted molar refractivity (Wildman–Crippen MR) is 153 cm³/mol. The number of hydrogen-bond donors (Lipinski definition) is 4. The molecule has 15 nitrogen and oxygen atoms in total. The van der Waals surface area contributed by atoms with E-state index in [9.17, 15) is 20.4 Å². The second-order valence-electron chi connectivity index (χ2n) is 10.8. The standard InChI is InChI=1S/C30H39N3O12/c1-38-19-10-8-17(9-11-19)15-40-27-24(37)30(43-21-16-41-28(45-26(21)27)18-6-3-2-4-7-18)44-25-20(14-34)42-29(23(36)22(25)35)39-13-5-12-32-33-31/h2-4,6-11,20-30,34-37H,5,12-16H2,1H3/t20-,21-,22-,23-,24-,25-,26+,27-,28?,29-,30+/m1/s1. The maximum absolute atomic E-state index is 11.5. The maximum atomic E-state index is 11.5. The summed E-state index contributed by atoms with van der Waals surface area (Å²) in [7, 11) is 1.58. The molecule has 4 N–H and O–H groups in total. The van der Waals surface area contributed by atoms with Gasteiger partial charge in [-0.2, -0.15) is 0 Å². The highest BCUT2D eigenvalue weighted by Crippen LogP contribution is 2.37. The van der Waals surface area contributed by atoms with Crippen LogP contribution in [0.5, 0.6) is 5.75 Å². The molecule has 3 aliphatic heterocycles. The summed E-state index contributed by atoms with van der Waals surface area (Å²) in [5.74, 6) is 0.687. The molecule has 0 aromatic heterocycles. The van der Waals surface area contributed by atoms with Gasteiger partial charge in [-0.1, -0.05) is 47.6 Å². The van der Waals surface area contributed by atoms with Gasteiger partial charge in [-0.25, -0.2) is 0 Å². The molecule has 0 spiro atoms. The fourth-order valence-electron chi connectivity index (χ4n) is 5.45. The summed E-state index contributed by atoms with van der Waals surface area (Å²) in [6, 6.07) is 16.6. The minimum atomic E-state index is -1.58. The monoisotopic (exact) mass is 633 g/mol. The number of hydrogen-bond acceptors (Lipinski definition) is 13. The molecule has 3 fully saturated rings. The molecule has 3 saturated heterocycles. The van der Waals surface area contributed by atoms with E-state index >= 15 is 0 Å². The van der Waals surface area contributed by atoms with Gasteiger partial charge in [0.25, 0.3) is 0 Å². The number of benzene rings is 2. The van der Waals surface area contributed by atoms with Crippen molar-refractivity contribution in [3.63, 3.8) is 0 Å². The summed E-state index contributed by atoms with van der Waals surface area (Å²) >= 11 is 0. The zero-order valence-corrected chi connectivity index (χ0v) is 24.7. The Morgan fingerprint density at radius 1 is 0.911 bits per heavy atom. The molecule has 15 heteroatoms. The van der Waals surface area contributed by atoms with Crippen LogP contribution in [0.1, 0.15) is 23.8 Å². The SMILES string of the molecule is COc1ccc(CO[C@@H]2[C@@H](O)[C@H](O[C@H]3[C@H](O)[C@@H](O)[C@H](OCCCN=[N+]=[N-])O[C@@H]3CO)O[C@@H]3COC(c4ccccc4)O[C@H]23)cc1. The quantitative estimate of drug-likeness (QED) is 0.107. The number of azide groups is 1. The number of fused-ring (bicyclic) bond motifs is 1. The van der Waals surface area contributed by atoms with Crippen molar-refractivity contribution in [3.8, 4) is 5.75 Å². The summed E-state index contributed by atoms with van der Waals surface area (Å²) in [6.07, 6.45) is -12.5. The zero-order chi connectivity index (χ0) is 31.8. The van der Waals surface area contributed by atoms with Crippen LogP contribution in [0.25, 0.3) is 10.4 Å². The lowest BCUT2D eigenvalue weighted by Crippen LogP contribution is -2.66. The molecule has 0 aliphatic carbocycles. The van der Waals surface area contributed by atoms with Gasteiger partial charge in [0.2, 0.25) is 0 Å². The van der Waals surface area contributed by atoms with Gasteiger partial charge in [-0.15, -0.1) is 0 Å². The van der Waals surface area contributed by atoms with Crippen LogP contribution < -0.4 is 4.74 Å². The summed E-state index contributed by atoms with van der Waals surface area (Å²) in [5.41, 5.74) is 10.0. The molecule has 0 amide bonds. The molecular formula is C30H39N3O12. The summed E-state index contributed by atoms with van der Waals surface area (Å²) < 4.78 is 47.0. The maximum Gasteiger partial charge on any atom is 0.187 e. The fraction of sp³-hybridized carbons (Fsp3) is 0.600. The second-order valence-corrected chi connectivity index (χ2v) is 10.8.